The average molecular weight is 361 g/mol. The largest absolute Gasteiger partial charge is 0.497 e. The minimum Gasteiger partial charge on any atom is -0.497 e. The van der Waals surface area contributed by atoms with Gasteiger partial charge in [-0.2, -0.15) is 0 Å². The number of rotatable bonds is 2. The van der Waals surface area contributed by atoms with Crippen LogP contribution >= 0.6 is 11.3 Å². The van der Waals surface area contributed by atoms with E-state index in [1.165, 1.54) is 11.3 Å². The van der Waals surface area contributed by atoms with Gasteiger partial charge in [-0.1, -0.05) is 0 Å². The van der Waals surface area contributed by atoms with E-state index in [0.29, 0.717) is 13.1 Å². The van der Waals surface area contributed by atoms with Gasteiger partial charge in [0.25, 0.3) is 0 Å². The summed E-state index contributed by atoms with van der Waals surface area (Å²) < 4.78 is 11.4. The molecule has 1 aromatic heterocycles. The molecule has 0 saturated carbocycles. The van der Waals surface area contributed by atoms with Crippen LogP contribution in [0, 0.1) is 13.8 Å². The summed E-state index contributed by atoms with van der Waals surface area (Å²) in [7, 11) is 1.63. The first-order chi connectivity index (χ1) is 11.8. The molecule has 3 rings (SSSR count). The Labute approximate surface area is 151 Å². The lowest BCUT2D eigenvalue weighted by Gasteiger charge is -2.29. The molecule has 0 fully saturated rings. The summed E-state index contributed by atoms with van der Waals surface area (Å²) in [4.78, 5) is 18.9. The number of carbonyl (C=O) groups is 1. The Kier molecular flexibility index (Phi) is 4.60. The number of nitrogens with one attached hydrogen (secondary N) is 1. The number of amides is 2. The highest BCUT2D eigenvalue weighted by Gasteiger charge is 2.32. The van der Waals surface area contributed by atoms with Crippen LogP contribution in [0.2, 0.25) is 0 Å². The Morgan fingerprint density at radius 1 is 1.40 bits per heavy atom. The summed E-state index contributed by atoms with van der Waals surface area (Å²) in [6.07, 6.45) is 0. The number of benzene rings is 1. The fraction of sp³-hybridized carbons (Fsp3) is 0.444. The molecule has 1 aliphatic heterocycles. The van der Waals surface area contributed by atoms with Crippen molar-refractivity contribution in [3.8, 4) is 11.5 Å². The Morgan fingerprint density at radius 2 is 2.16 bits per heavy atom. The molecule has 1 N–H and O–H groups in total. The predicted molar refractivity (Wildman–Crippen MR) is 98.7 cm³/mol. The third kappa shape index (κ3) is 3.87. The van der Waals surface area contributed by atoms with Crippen molar-refractivity contribution in [3.05, 3.63) is 34.5 Å². The van der Waals surface area contributed by atoms with E-state index in [-0.39, 0.29) is 6.03 Å². The van der Waals surface area contributed by atoms with Crippen LogP contribution in [0.5, 0.6) is 11.5 Å². The number of urea groups is 1. The number of nitrogens with zero attached hydrogens (tertiary/aromatic N) is 2. The van der Waals surface area contributed by atoms with Crippen LogP contribution in [-0.2, 0) is 6.54 Å². The highest BCUT2D eigenvalue weighted by atomic mass is 32.1. The van der Waals surface area contributed by atoms with E-state index >= 15 is 0 Å². The molecule has 7 heteroatoms. The number of fused-ring (bicyclic) bond motifs is 1. The molecule has 2 heterocycles. The van der Waals surface area contributed by atoms with Crippen LogP contribution in [0.15, 0.2) is 18.2 Å². The van der Waals surface area contributed by atoms with Crippen LogP contribution in [0.3, 0.4) is 0 Å². The van der Waals surface area contributed by atoms with E-state index in [0.717, 1.165) is 32.8 Å². The topological polar surface area (TPSA) is 63.7 Å². The monoisotopic (exact) mass is 361 g/mol. The highest BCUT2D eigenvalue weighted by molar-refractivity contribution is 7.16. The van der Waals surface area contributed by atoms with Gasteiger partial charge in [0.05, 0.1) is 30.9 Å². The van der Waals surface area contributed by atoms with Gasteiger partial charge in [0, 0.05) is 11.6 Å². The van der Waals surface area contributed by atoms with Crippen molar-refractivity contribution in [2.75, 3.05) is 19.0 Å². The molecule has 0 spiro atoms. The van der Waals surface area contributed by atoms with E-state index < -0.39 is 5.60 Å². The zero-order valence-corrected chi connectivity index (χ0v) is 16.0. The number of hydrogen-bond donors (Lipinski definition) is 1. The summed E-state index contributed by atoms with van der Waals surface area (Å²) in [6.45, 7) is 8.74. The van der Waals surface area contributed by atoms with Gasteiger partial charge >= 0.3 is 6.03 Å². The molecule has 0 bridgehead atoms. The summed E-state index contributed by atoms with van der Waals surface area (Å²) in [5, 5.41) is 4.71. The standard InChI is InChI=1S/C18H23N3O3S/c1-11-16(25-12(2)19-11)20-17(22)21-9-13-6-7-14(23-5)8-15(13)24-18(3,4)10-21/h6-8H,9-10H2,1-5H3,(H,20,22). The van der Waals surface area contributed by atoms with Gasteiger partial charge in [-0.25, -0.2) is 9.78 Å². The fourth-order valence-electron chi connectivity index (χ4n) is 2.91. The first-order valence-electron chi connectivity index (χ1n) is 8.13. The lowest BCUT2D eigenvalue weighted by atomic mass is 10.1. The first-order valence-corrected chi connectivity index (χ1v) is 8.95. The maximum Gasteiger partial charge on any atom is 0.322 e. The number of carbonyl (C=O) groups excluding carboxylic acids is 1. The quantitative estimate of drug-likeness (QED) is 0.879. The maximum atomic E-state index is 12.8. The van der Waals surface area contributed by atoms with Gasteiger partial charge in [0.2, 0.25) is 0 Å². The number of thiazole rings is 1. The van der Waals surface area contributed by atoms with Gasteiger partial charge in [-0.3, -0.25) is 5.32 Å². The Morgan fingerprint density at radius 3 is 2.80 bits per heavy atom. The van der Waals surface area contributed by atoms with Gasteiger partial charge < -0.3 is 14.4 Å². The summed E-state index contributed by atoms with van der Waals surface area (Å²) in [5.74, 6) is 1.49. The fourth-order valence-corrected chi connectivity index (χ4v) is 3.72. The van der Waals surface area contributed by atoms with Crippen molar-refractivity contribution in [1.82, 2.24) is 9.88 Å². The van der Waals surface area contributed by atoms with E-state index in [1.807, 2.05) is 45.9 Å². The van der Waals surface area contributed by atoms with Crippen LogP contribution in [0.1, 0.15) is 30.1 Å². The zero-order chi connectivity index (χ0) is 18.2. The second-order valence-electron chi connectivity index (χ2n) is 6.77. The molecule has 6 nitrogen and oxygen atoms in total. The van der Waals surface area contributed by atoms with Crippen LogP contribution < -0.4 is 14.8 Å². The van der Waals surface area contributed by atoms with Crippen molar-refractivity contribution in [2.24, 2.45) is 0 Å². The first kappa shape index (κ1) is 17.5. The molecule has 0 radical (unpaired) electrons. The number of hydrogen-bond acceptors (Lipinski definition) is 5. The lowest BCUT2D eigenvalue weighted by molar-refractivity contribution is 0.0833. The molecule has 1 aliphatic rings. The average Bonchev–Trinajstić information content (AvgIpc) is 2.76. The Bertz CT molecular complexity index is 801. The molecule has 2 aromatic rings. The molecule has 134 valence electrons. The molecule has 25 heavy (non-hydrogen) atoms. The van der Waals surface area contributed by atoms with Gasteiger partial charge in [-0.05, 0) is 39.8 Å². The third-order valence-electron chi connectivity index (χ3n) is 4.00. The molecule has 0 aliphatic carbocycles. The van der Waals surface area contributed by atoms with E-state index in [4.69, 9.17) is 9.47 Å². The minimum absolute atomic E-state index is 0.146. The maximum absolute atomic E-state index is 12.8. The summed E-state index contributed by atoms with van der Waals surface area (Å²) in [5.41, 5.74) is 1.29. The number of aromatic nitrogens is 1. The van der Waals surface area contributed by atoms with E-state index in [1.54, 1.807) is 12.0 Å². The molecule has 0 saturated heterocycles. The Hall–Kier alpha value is -2.28. The van der Waals surface area contributed by atoms with Crippen molar-refractivity contribution >= 4 is 22.4 Å². The molecular formula is C18H23N3O3S. The van der Waals surface area contributed by atoms with Crippen molar-refractivity contribution in [3.63, 3.8) is 0 Å². The molecule has 0 unspecified atom stereocenters. The van der Waals surface area contributed by atoms with Crippen LogP contribution in [0.4, 0.5) is 9.80 Å². The summed E-state index contributed by atoms with van der Waals surface area (Å²) in [6, 6.07) is 5.55. The van der Waals surface area contributed by atoms with Gasteiger partial charge in [-0.15, -0.1) is 11.3 Å². The summed E-state index contributed by atoms with van der Waals surface area (Å²) >= 11 is 1.48. The third-order valence-corrected chi connectivity index (χ3v) is 4.99. The zero-order valence-electron chi connectivity index (χ0n) is 15.2. The van der Waals surface area contributed by atoms with Gasteiger partial charge in [0.1, 0.15) is 22.1 Å². The van der Waals surface area contributed by atoms with Crippen molar-refractivity contribution in [2.45, 2.75) is 39.8 Å². The van der Waals surface area contributed by atoms with E-state index in [2.05, 4.69) is 10.3 Å². The highest BCUT2D eigenvalue weighted by Crippen LogP contribution is 2.33. The minimum atomic E-state index is -0.506. The number of aryl methyl sites for hydroxylation is 2. The number of methoxy groups -OCH3 is 1. The van der Waals surface area contributed by atoms with Crippen LogP contribution in [-0.4, -0.2) is 35.2 Å². The molecular weight excluding hydrogens is 338 g/mol. The smallest absolute Gasteiger partial charge is 0.322 e. The lowest BCUT2D eigenvalue weighted by Crippen LogP contribution is -2.44. The Balaban J connectivity index is 1.85. The second kappa shape index (κ2) is 6.55. The van der Waals surface area contributed by atoms with Crippen LogP contribution in [0.25, 0.3) is 0 Å². The molecule has 0 atom stereocenters. The second-order valence-corrected chi connectivity index (χ2v) is 7.97. The predicted octanol–water partition coefficient (Wildman–Crippen LogP) is 3.97. The molecule has 1 aromatic carbocycles. The molecule has 2 amide bonds. The van der Waals surface area contributed by atoms with E-state index in [9.17, 15) is 4.79 Å². The number of ether oxygens (including phenoxy) is 2. The van der Waals surface area contributed by atoms with Crippen molar-refractivity contribution < 1.29 is 14.3 Å². The van der Waals surface area contributed by atoms with Gasteiger partial charge in [0.15, 0.2) is 0 Å². The normalized spacial score (nSPS) is 15.8. The van der Waals surface area contributed by atoms with Crippen molar-refractivity contribution in [1.29, 1.82) is 0 Å². The number of anilines is 1. The SMILES string of the molecule is COc1ccc2c(c1)OC(C)(C)CN(C(=O)Nc1sc(C)nc1C)C2.